The number of aromatic nitrogens is 4. The van der Waals surface area contributed by atoms with E-state index in [0.717, 1.165) is 12.1 Å². The molecule has 9 heteroatoms. The van der Waals surface area contributed by atoms with Gasteiger partial charge in [0.1, 0.15) is 5.69 Å². The van der Waals surface area contributed by atoms with E-state index in [1.54, 1.807) is 31.4 Å². The molecule has 0 bridgehead atoms. The van der Waals surface area contributed by atoms with Crippen LogP contribution in [-0.4, -0.2) is 32.5 Å². The third kappa shape index (κ3) is 2.51. The smallest absolute Gasteiger partial charge is 0.259 e. The third-order valence-corrected chi connectivity index (χ3v) is 4.84. The van der Waals surface area contributed by atoms with Crippen LogP contribution in [0.2, 0.25) is 0 Å². The van der Waals surface area contributed by atoms with Crippen LogP contribution in [-0.2, 0) is 11.8 Å². The molecule has 1 atom stereocenters. The van der Waals surface area contributed by atoms with E-state index in [1.165, 1.54) is 9.25 Å². The molecule has 1 saturated heterocycles. The Morgan fingerprint density at radius 3 is 2.79 bits per heavy atom. The van der Waals surface area contributed by atoms with Gasteiger partial charge in [-0.1, -0.05) is 0 Å². The Hall–Kier alpha value is -3.17. The van der Waals surface area contributed by atoms with Crippen LogP contribution in [0.4, 0.5) is 8.78 Å². The molecule has 0 spiro atoms. The first-order valence-electron chi connectivity index (χ1n) is 8.72. The molecule has 4 aromatic rings. The second-order valence-electron chi connectivity index (χ2n) is 6.62. The van der Waals surface area contributed by atoms with Gasteiger partial charge in [-0.2, -0.15) is 5.10 Å². The second kappa shape index (κ2) is 6.18. The van der Waals surface area contributed by atoms with Gasteiger partial charge < -0.3 is 9.30 Å². The average molecular weight is 383 g/mol. The topological polar surface area (TPSA) is 74.0 Å². The minimum absolute atomic E-state index is 0.163. The molecular formula is C19H15F2N5O2. The van der Waals surface area contributed by atoms with Crippen molar-refractivity contribution < 1.29 is 13.5 Å². The van der Waals surface area contributed by atoms with E-state index in [9.17, 15) is 13.6 Å². The zero-order valence-electron chi connectivity index (χ0n) is 14.8. The Morgan fingerprint density at radius 1 is 1.18 bits per heavy atom. The van der Waals surface area contributed by atoms with Crippen LogP contribution in [0.15, 0.2) is 41.3 Å². The summed E-state index contributed by atoms with van der Waals surface area (Å²) in [4.78, 5) is 16.8. The SMILES string of the molecule is Cn1ccc2nc(-c3nn(C4NCCO4)c4cc(F)c(F)cc34)ccc2c1=O. The second-order valence-corrected chi connectivity index (χ2v) is 6.62. The van der Waals surface area contributed by atoms with Crippen LogP contribution in [0, 0.1) is 11.6 Å². The van der Waals surface area contributed by atoms with E-state index in [1.807, 2.05) is 0 Å². The lowest BCUT2D eigenvalue weighted by Crippen LogP contribution is -2.22. The Bertz CT molecular complexity index is 1290. The van der Waals surface area contributed by atoms with Crippen LogP contribution in [0.25, 0.3) is 33.2 Å². The summed E-state index contributed by atoms with van der Waals surface area (Å²) in [5.41, 5.74) is 1.56. The number of rotatable bonds is 2. The maximum absolute atomic E-state index is 14.0. The van der Waals surface area contributed by atoms with Crippen molar-refractivity contribution in [3.63, 3.8) is 0 Å². The fourth-order valence-electron chi connectivity index (χ4n) is 3.42. The van der Waals surface area contributed by atoms with Crippen molar-refractivity contribution >= 4 is 21.8 Å². The Kier molecular flexibility index (Phi) is 3.74. The number of pyridine rings is 2. The standard InChI is InChI=1S/C19H15F2N5O2/c1-25-6-4-14-10(18(25)27)2-3-15(23-14)17-11-8-12(20)13(21)9-16(11)26(24-17)19-22-5-7-28-19/h2-4,6,8-9,19,22H,5,7H2,1H3. The zero-order valence-corrected chi connectivity index (χ0v) is 14.8. The molecule has 0 amide bonds. The summed E-state index contributed by atoms with van der Waals surface area (Å²) >= 11 is 0. The first-order valence-corrected chi connectivity index (χ1v) is 8.72. The minimum atomic E-state index is -0.969. The Morgan fingerprint density at radius 2 is 2.00 bits per heavy atom. The van der Waals surface area contributed by atoms with Crippen molar-refractivity contribution in [3.05, 3.63) is 58.5 Å². The van der Waals surface area contributed by atoms with E-state index in [0.29, 0.717) is 46.3 Å². The van der Waals surface area contributed by atoms with Crippen molar-refractivity contribution in [1.29, 1.82) is 0 Å². The van der Waals surface area contributed by atoms with Crippen molar-refractivity contribution in [1.82, 2.24) is 24.6 Å². The Balaban J connectivity index is 1.76. The number of halogens is 2. The number of nitrogens with one attached hydrogen (secondary N) is 1. The molecule has 1 unspecified atom stereocenters. The van der Waals surface area contributed by atoms with Crippen LogP contribution < -0.4 is 10.9 Å². The molecule has 1 aliphatic heterocycles. The van der Waals surface area contributed by atoms with Crippen molar-refractivity contribution in [2.24, 2.45) is 7.05 Å². The summed E-state index contributed by atoms with van der Waals surface area (Å²) in [6.07, 6.45) is 1.05. The summed E-state index contributed by atoms with van der Waals surface area (Å²) in [7, 11) is 1.66. The van der Waals surface area contributed by atoms with Crippen LogP contribution in [0.3, 0.4) is 0 Å². The quantitative estimate of drug-likeness (QED) is 0.575. The van der Waals surface area contributed by atoms with E-state index in [2.05, 4.69) is 15.4 Å². The summed E-state index contributed by atoms with van der Waals surface area (Å²) < 4.78 is 36.4. The van der Waals surface area contributed by atoms with E-state index in [-0.39, 0.29) is 5.56 Å². The van der Waals surface area contributed by atoms with Crippen LogP contribution >= 0.6 is 0 Å². The molecule has 1 aromatic carbocycles. The highest BCUT2D eigenvalue weighted by molar-refractivity contribution is 5.94. The highest BCUT2D eigenvalue weighted by atomic mass is 19.2. The predicted molar refractivity (Wildman–Crippen MR) is 98.6 cm³/mol. The molecular weight excluding hydrogens is 368 g/mol. The predicted octanol–water partition coefficient (Wildman–Crippen LogP) is 2.30. The van der Waals surface area contributed by atoms with Gasteiger partial charge in [0.2, 0.25) is 6.35 Å². The lowest BCUT2D eigenvalue weighted by molar-refractivity contribution is 0.0381. The highest BCUT2D eigenvalue weighted by Crippen LogP contribution is 2.31. The van der Waals surface area contributed by atoms with Gasteiger partial charge in [-0.25, -0.2) is 18.4 Å². The largest absolute Gasteiger partial charge is 0.342 e. The number of ether oxygens (including phenoxy) is 1. The summed E-state index contributed by atoms with van der Waals surface area (Å²) in [5.74, 6) is -1.93. The molecule has 1 aliphatic rings. The molecule has 0 saturated carbocycles. The number of aryl methyl sites for hydroxylation is 1. The number of hydrogen-bond acceptors (Lipinski definition) is 5. The molecule has 3 aromatic heterocycles. The van der Waals surface area contributed by atoms with Crippen molar-refractivity contribution in [3.8, 4) is 11.4 Å². The van der Waals surface area contributed by atoms with Gasteiger partial charge in [0.05, 0.1) is 28.7 Å². The number of benzene rings is 1. The zero-order chi connectivity index (χ0) is 19.4. The van der Waals surface area contributed by atoms with E-state index >= 15 is 0 Å². The molecule has 5 rings (SSSR count). The summed E-state index contributed by atoms with van der Waals surface area (Å²) in [5, 5.41) is 8.50. The van der Waals surface area contributed by atoms with Gasteiger partial charge >= 0.3 is 0 Å². The molecule has 0 radical (unpaired) electrons. The maximum atomic E-state index is 14.0. The van der Waals surface area contributed by atoms with Gasteiger partial charge in [0.25, 0.3) is 5.56 Å². The molecule has 1 fully saturated rings. The molecule has 7 nitrogen and oxygen atoms in total. The first kappa shape index (κ1) is 17.0. The van der Waals surface area contributed by atoms with Gasteiger partial charge in [-0.3, -0.25) is 10.1 Å². The highest BCUT2D eigenvalue weighted by Gasteiger charge is 2.24. The van der Waals surface area contributed by atoms with Gasteiger partial charge in [0, 0.05) is 31.2 Å². The summed E-state index contributed by atoms with van der Waals surface area (Å²) in [6, 6.07) is 7.24. The Labute approximate surface area is 157 Å². The molecule has 142 valence electrons. The molecule has 4 heterocycles. The third-order valence-electron chi connectivity index (χ3n) is 4.84. The molecule has 1 N–H and O–H groups in total. The maximum Gasteiger partial charge on any atom is 0.259 e. The van der Waals surface area contributed by atoms with Gasteiger partial charge in [0.15, 0.2) is 11.6 Å². The lowest BCUT2D eigenvalue weighted by Gasteiger charge is -2.11. The van der Waals surface area contributed by atoms with E-state index in [4.69, 9.17) is 4.74 Å². The van der Waals surface area contributed by atoms with Crippen LogP contribution in [0.5, 0.6) is 0 Å². The number of nitrogens with zero attached hydrogens (tertiary/aromatic N) is 4. The lowest BCUT2D eigenvalue weighted by atomic mass is 10.1. The first-order chi connectivity index (χ1) is 13.5. The normalized spacial score (nSPS) is 17.0. The van der Waals surface area contributed by atoms with Crippen molar-refractivity contribution in [2.75, 3.05) is 13.2 Å². The summed E-state index contributed by atoms with van der Waals surface area (Å²) in [6.45, 7) is 1.12. The average Bonchev–Trinajstić information content (AvgIpc) is 3.33. The molecule has 28 heavy (non-hydrogen) atoms. The van der Waals surface area contributed by atoms with Crippen LogP contribution in [0.1, 0.15) is 6.35 Å². The van der Waals surface area contributed by atoms with E-state index < -0.39 is 18.0 Å². The number of hydrogen-bond donors (Lipinski definition) is 1. The van der Waals surface area contributed by atoms with Gasteiger partial charge in [-0.05, 0) is 24.3 Å². The van der Waals surface area contributed by atoms with Crippen molar-refractivity contribution in [2.45, 2.75) is 6.35 Å². The fraction of sp³-hybridized carbons (Fsp3) is 0.211. The number of fused-ring (bicyclic) bond motifs is 2. The fourth-order valence-corrected chi connectivity index (χ4v) is 3.42. The molecule has 0 aliphatic carbocycles. The van der Waals surface area contributed by atoms with Gasteiger partial charge in [-0.15, -0.1) is 0 Å². The monoisotopic (exact) mass is 383 g/mol. The minimum Gasteiger partial charge on any atom is -0.342 e.